The Labute approximate surface area is 170 Å². The number of rotatable bonds is 4. The topological polar surface area (TPSA) is 70.8 Å². The van der Waals surface area contributed by atoms with Crippen LogP contribution in [-0.2, 0) is 16.1 Å². The van der Waals surface area contributed by atoms with E-state index in [4.69, 9.17) is 16.0 Å². The van der Waals surface area contributed by atoms with E-state index in [1.54, 1.807) is 30.3 Å². The zero-order valence-corrected chi connectivity index (χ0v) is 15.8. The van der Waals surface area contributed by atoms with Crippen molar-refractivity contribution in [3.05, 3.63) is 100 Å². The minimum atomic E-state index is -0.903. The van der Waals surface area contributed by atoms with E-state index in [1.165, 1.54) is 41.5 Å². The third kappa shape index (κ3) is 3.54. The minimum Gasteiger partial charge on any atom is -0.507 e. The van der Waals surface area contributed by atoms with E-state index in [0.717, 1.165) is 0 Å². The van der Waals surface area contributed by atoms with Gasteiger partial charge in [-0.15, -0.1) is 0 Å². The number of halogens is 2. The van der Waals surface area contributed by atoms with Crippen LogP contribution in [0, 0.1) is 5.82 Å². The van der Waals surface area contributed by atoms with Crippen LogP contribution >= 0.6 is 11.6 Å². The van der Waals surface area contributed by atoms with Crippen LogP contribution in [0.2, 0.25) is 5.02 Å². The van der Waals surface area contributed by atoms with Crippen molar-refractivity contribution in [2.45, 2.75) is 12.6 Å². The molecule has 0 aliphatic carbocycles. The molecule has 0 radical (unpaired) electrons. The Morgan fingerprint density at radius 3 is 2.52 bits per heavy atom. The van der Waals surface area contributed by atoms with E-state index in [2.05, 4.69) is 0 Å². The number of amides is 1. The van der Waals surface area contributed by atoms with Crippen LogP contribution in [0.3, 0.4) is 0 Å². The van der Waals surface area contributed by atoms with Crippen LogP contribution in [0.5, 0.6) is 0 Å². The number of hydrogen-bond donors (Lipinski definition) is 1. The summed E-state index contributed by atoms with van der Waals surface area (Å²) in [7, 11) is 0. The molecule has 1 amide bonds. The molecule has 1 aliphatic heterocycles. The van der Waals surface area contributed by atoms with E-state index >= 15 is 0 Å². The second kappa shape index (κ2) is 7.56. The van der Waals surface area contributed by atoms with Gasteiger partial charge in [-0.1, -0.05) is 35.9 Å². The molecule has 1 saturated heterocycles. The lowest BCUT2D eigenvalue weighted by Gasteiger charge is -2.24. The molecular formula is C22H15ClFNO4. The predicted octanol–water partition coefficient (Wildman–Crippen LogP) is 4.69. The Hall–Kier alpha value is -3.38. The molecule has 2 heterocycles. The monoisotopic (exact) mass is 411 g/mol. The fourth-order valence-corrected chi connectivity index (χ4v) is 3.59. The summed E-state index contributed by atoms with van der Waals surface area (Å²) in [6.45, 7) is 0.0198. The summed E-state index contributed by atoms with van der Waals surface area (Å²) in [6.07, 6.45) is 1.46. The first-order chi connectivity index (χ1) is 14.0. The molecule has 3 aromatic rings. The van der Waals surface area contributed by atoms with Gasteiger partial charge in [0.05, 0.1) is 24.4 Å². The summed E-state index contributed by atoms with van der Waals surface area (Å²) in [5.41, 5.74) is 0.705. The molecule has 1 N–H and O–H groups in total. The molecule has 1 fully saturated rings. The van der Waals surface area contributed by atoms with Gasteiger partial charge in [-0.3, -0.25) is 9.59 Å². The van der Waals surface area contributed by atoms with Gasteiger partial charge in [0.2, 0.25) is 0 Å². The van der Waals surface area contributed by atoms with Crippen molar-refractivity contribution >= 4 is 29.1 Å². The molecule has 4 rings (SSSR count). The lowest BCUT2D eigenvalue weighted by atomic mass is 9.95. The molecule has 146 valence electrons. The van der Waals surface area contributed by atoms with E-state index in [1.807, 2.05) is 0 Å². The first-order valence-electron chi connectivity index (χ1n) is 8.78. The standard InChI is InChI=1S/C22H15ClFNO4/c23-15-4-1-3-14(11-15)20(26)18-19(13-6-8-16(24)9-7-13)25(22(28)21(18)27)12-17-5-2-10-29-17/h1-11,19,26H,12H2/b20-18-. The molecular weight excluding hydrogens is 397 g/mol. The highest BCUT2D eigenvalue weighted by Gasteiger charge is 2.46. The highest BCUT2D eigenvalue weighted by atomic mass is 35.5. The van der Waals surface area contributed by atoms with Crippen molar-refractivity contribution in [1.82, 2.24) is 4.90 Å². The van der Waals surface area contributed by atoms with Crippen molar-refractivity contribution < 1.29 is 23.5 Å². The number of benzene rings is 2. The summed E-state index contributed by atoms with van der Waals surface area (Å²) >= 11 is 6.00. The molecule has 1 aliphatic rings. The van der Waals surface area contributed by atoms with Gasteiger partial charge in [0, 0.05) is 10.6 Å². The normalized spacial score (nSPS) is 18.4. The first kappa shape index (κ1) is 19.0. The largest absolute Gasteiger partial charge is 0.507 e. The maximum atomic E-state index is 13.5. The quantitative estimate of drug-likeness (QED) is 0.384. The van der Waals surface area contributed by atoms with Gasteiger partial charge in [-0.2, -0.15) is 0 Å². The van der Waals surface area contributed by atoms with Crippen molar-refractivity contribution in [2.75, 3.05) is 0 Å². The highest BCUT2D eigenvalue weighted by Crippen LogP contribution is 2.40. The van der Waals surface area contributed by atoms with Crippen molar-refractivity contribution in [1.29, 1.82) is 0 Å². The van der Waals surface area contributed by atoms with Gasteiger partial charge in [-0.05, 0) is 42.0 Å². The smallest absolute Gasteiger partial charge is 0.296 e. The van der Waals surface area contributed by atoms with Crippen LogP contribution < -0.4 is 0 Å². The molecule has 5 nitrogen and oxygen atoms in total. The third-order valence-corrected chi connectivity index (χ3v) is 4.97. The Balaban J connectivity index is 1.87. The number of carbonyl (C=O) groups is 2. The van der Waals surface area contributed by atoms with Crippen molar-refractivity contribution in [2.24, 2.45) is 0 Å². The van der Waals surface area contributed by atoms with Crippen molar-refractivity contribution in [3.63, 3.8) is 0 Å². The lowest BCUT2D eigenvalue weighted by Crippen LogP contribution is -2.29. The SMILES string of the molecule is O=C1C(=O)N(Cc2ccco2)C(c2ccc(F)cc2)/C1=C(/O)c1cccc(Cl)c1. The van der Waals surface area contributed by atoms with Crippen LogP contribution in [0.25, 0.3) is 5.76 Å². The molecule has 1 atom stereocenters. The lowest BCUT2D eigenvalue weighted by molar-refractivity contribution is -0.140. The fraction of sp³-hybridized carbons (Fsp3) is 0.0909. The van der Waals surface area contributed by atoms with Crippen LogP contribution in [-0.4, -0.2) is 21.7 Å². The second-order valence-electron chi connectivity index (χ2n) is 6.57. The number of hydrogen-bond acceptors (Lipinski definition) is 4. The molecule has 29 heavy (non-hydrogen) atoms. The zero-order chi connectivity index (χ0) is 20.5. The second-order valence-corrected chi connectivity index (χ2v) is 7.00. The molecule has 7 heteroatoms. The summed E-state index contributed by atoms with van der Waals surface area (Å²) in [5.74, 6) is -1.93. The summed E-state index contributed by atoms with van der Waals surface area (Å²) in [6, 6.07) is 14.2. The number of nitrogens with zero attached hydrogens (tertiary/aromatic N) is 1. The Morgan fingerprint density at radius 1 is 1.10 bits per heavy atom. The highest BCUT2D eigenvalue weighted by molar-refractivity contribution is 6.46. The maximum absolute atomic E-state index is 13.5. The number of furan rings is 1. The third-order valence-electron chi connectivity index (χ3n) is 4.73. The Bertz CT molecular complexity index is 1110. The van der Waals surface area contributed by atoms with Gasteiger partial charge in [-0.25, -0.2) is 4.39 Å². The van der Waals surface area contributed by atoms with Crippen molar-refractivity contribution in [3.8, 4) is 0 Å². The first-order valence-corrected chi connectivity index (χ1v) is 9.15. The molecule has 0 bridgehead atoms. The summed E-state index contributed by atoms with van der Waals surface area (Å²) in [5, 5.41) is 11.3. The average Bonchev–Trinajstić information content (AvgIpc) is 3.31. The molecule has 0 saturated carbocycles. The predicted molar refractivity (Wildman–Crippen MR) is 104 cm³/mol. The van der Waals surface area contributed by atoms with Gasteiger partial charge in [0.25, 0.3) is 11.7 Å². The summed E-state index contributed by atoms with van der Waals surface area (Å²) in [4.78, 5) is 26.9. The van der Waals surface area contributed by atoms with Gasteiger partial charge in [0.15, 0.2) is 0 Å². The Morgan fingerprint density at radius 2 is 1.86 bits per heavy atom. The van der Waals surface area contributed by atoms with E-state index in [-0.39, 0.29) is 17.9 Å². The molecule has 0 spiro atoms. The molecule has 1 aromatic heterocycles. The Kier molecular flexibility index (Phi) is 4.94. The zero-order valence-electron chi connectivity index (χ0n) is 15.0. The fourth-order valence-electron chi connectivity index (χ4n) is 3.40. The van der Waals surface area contributed by atoms with E-state index < -0.39 is 23.5 Å². The number of carbonyl (C=O) groups excluding carboxylic acids is 2. The van der Waals surface area contributed by atoms with Gasteiger partial charge >= 0.3 is 0 Å². The number of aliphatic hydroxyl groups excluding tert-OH is 1. The average molecular weight is 412 g/mol. The molecule has 1 unspecified atom stereocenters. The van der Waals surface area contributed by atoms with Crippen LogP contribution in [0.1, 0.15) is 22.9 Å². The maximum Gasteiger partial charge on any atom is 0.296 e. The van der Waals surface area contributed by atoms with Gasteiger partial charge in [0.1, 0.15) is 17.3 Å². The molecule has 2 aromatic carbocycles. The van der Waals surface area contributed by atoms with Gasteiger partial charge < -0.3 is 14.4 Å². The van der Waals surface area contributed by atoms with E-state index in [0.29, 0.717) is 21.9 Å². The number of aliphatic hydroxyl groups is 1. The van der Waals surface area contributed by atoms with E-state index in [9.17, 15) is 19.1 Å². The summed E-state index contributed by atoms with van der Waals surface area (Å²) < 4.78 is 18.8. The number of Topliss-reactive ketones (excluding diaryl/α,β-unsaturated/α-hetero) is 1. The minimum absolute atomic E-state index is 0.0198. The van der Waals surface area contributed by atoms with Crippen LogP contribution in [0.15, 0.2) is 76.9 Å². The van der Waals surface area contributed by atoms with Crippen LogP contribution in [0.4, 0.5) is 4.39 Å². The number of ketones is 1. The number of likely N-dealkylation sites (tertiary alicyclic amines) is 1.